The smallest absolute Gasteiger partial charge is 0.324 e. The lowest BCUT2D eigenvalue weighted by molar-refractivity contribution is -0.134. The third-order valence-corrected chi connectivity index (χ3v) is 4.92. The fourth-order valence-corrected chi connectivity index (χ4v) is 3.54. The van der Waals surface area contributed by atoms with Gasteiger partial charge in [-0.15, -0.1) is 0 Å². The van der Waals surface area contributed by atoms with Gasteiger partial charge in [-0.05, 0) is 31.4 Å². The molecule has 0 aromatic heterocycles. The summed E-state index contributed by atoms with van der Waals surface area (Å²) in [6.07, 6.45) is 5.34. The molecule has 6 heteroatoms. The highest BCUT2D eigenvalue weighted by Gasteiger charge is 2.51. The quantitative estimate of drug-likeness (QED) is 0.837. The predicted octanol–water partition coefficient (Wildman–Crippen LogP) is 2.58. The van der Waals surface area contributed by atoms with Gasteiger partial charge in [0.15, 0.2) is 0 Å². The second kappa shape index (κ2) is 6.63. The molecule has 1 saturated heterocycles. The number of benzene rings is 1. The summed E-state index contributed by atoms with van der Waals surface area (Å²) in [6, 6.07) is 6.95. The van der Waals surface area contributed by atoms with Crippen LogP contribution in [0.3, 0.4) is 0 Å². The minimum Gasteiger partial charge on any atom is -0.324 e. The molecule has 0 radical (unpaired) electrons. The number of hydrogen-bond donors (Lipinski definition) is 2. The molecule has 4 amide bonds. The molecule has 128 valence electrons. The minimum atomic E-state index is -0.795. The summed E-state index contributed by atoms with van der Waals surface area (Å²) >= 11 is 0. The molecule has 0 atom stereocenters. The van der Waals surface area contributed by atoms with Crippen molar-refractivity contribution >= 4 is 23.5 Å². The Bertz CT molecular complexity index is 663. The zero-order valence-corrected chi connectivity index (χ0v) is 13.9. The van der Waals surface area contributed by atoms with Crippen LogP contribution in [0.4, 0.5) is 10.5 Å². The zero-order valence-electron chi connectivity index (χ0n) is 13.9. The molecule has 1 spiro atoms. The number of para-hydroxylation sites is 1. The van der Waals surface area contributed by atoms with Crippen LogP contribution < -0.4 is 10.6 Å². The van der Waals surface area contributed by atoms with E-state index in [2.05, 4.69) is 10.6 Å². The van der Waals surface area contributed by atoms with Crippen molar-refractivity contribution in [1.82, 2.24) is 10.2 Å². The van der Waals surface area contributed by atoms with Gasteiger partial charge in [0.25, 0.3) is 5.91 Å². The molecule has 24 heavy (non-hydrogen) atoms. The van der Waals surface area contributed by atoms with Crippen LogP contribution in [-0.4, -0.2) is 34.8 Å². The van der Waals surface area contributed by atoms with Gasteiger partial charge in [0.1, 0.15) is 12.1 Å². The SMILES string of the molecule is Cc1ccccc1NC(=O)CN1C(=O)NC2(CCCCCC2)C1=O. The molecule has 2 fully saturated rings. The average Bonchev–Trinajstić information content (AvgIpc) is 2.73. The number of carbonyl (C=O) groups is 3. The van der Waals surface area contributed by atoms with Crippen molar-refractivity contribution in [1.29, 1.82) is 0 Å². The lowest BCUT2D eigenvalue weighted by Crippen LogP contribution is -2.47. The van der Waals surface area contributed by atoms with Crippen molar-refractivity contribution < 1.29 is 14.4 Å². The first-order chi connectivity index (χ1) is 11.5. The molecule has 2 aliphatic rings. The van der Waals surface area contributed by atoms with Crippen molar-refractivity contribution in [3.05, 3.63) is 29.8 Å². The zero-order chi connectivity index (χ0) is 17.2. The lowest BCUT2D eigenvalue weighted by Gasteiger charge is -2.24. The lowest BCUT2D eigenvalue weighted by atomic mass is 9.90. The Hall–Kier alpha value is -2.37. The van der Waals surface area contributed by atoms with Crippen LogP contribution in [0, 0.1) is 6.92 Å². The van der Waals surface area contributed by atoms with Crippen LogP contribution in [0.5, 0.6) is 0 Å². The minimum absolute atomic E-state index is 0.249. The van der Waals surface area contributed by atoms with Crippen molar-refractivity contribution in [3.63, 3.8) is 0 Å². The molecule has 6 nitrogen and oxygen atoms in total. The van der Waals surface area contributed by atoms with Crippen LogP contribution in [0.2, 0.25) is 0 Å². The van der Waals surface area contributed by atoms with E-state index in [1.807, 2.05) is 25.1 Å². The number of nitrogens with one attached hydrogen (secondary N) is 2. The van der Waals surface area contributed by atoms with Gasteiger partial charge >= 0.3 is 6.03 Å². The largest absolute Gasteiger partial charge is 0.325 e. The topological polar surface area (TPSA) is 78.5 Å². The summed E-state index contributed by atoms with van der Waals surface area (Å²) in [7, 11) is 0. The first kappa shape index (κ1) is 16.5. The molecule has 0 unspecified atom stereocenters. The molecule has 1 aromatic carbocycles. The molecule has 3 rings (SSSR count). The standard InChI is InChI=1S/C18H23N3O3/c1-13-8-4-5-9-14(13)19-15(22)12-21-16(23)18(20-17(21)24)10-6-2-3-7-11-18/h4-5,8-9H,2-3,6-7,10-12H2,1H3,(H,19,22)(H,20,24). The van der Waals surface area contributed by atoms with Crippen molar-refractivity contribution in [2.45, 2.75) is 51.0 Å². The maximum atomic E-state index is 12.8. The van der Waals surface area contributed by atoms with Crippen molar-refractivity contribution in [2.24, 2.45) is 0 Å². The third kappa shape index (κ3) is 3.13. The molecule has 1 saturated carbocycles. The van der Waals surface area contributed by atoms with Crippen molar-refractivity contribution in [2.75, 3.05) is 11.9 Å². The number of rotatable bonds is 3. The predicted molar refractivity (Wildman–Crippen MR) is 90.5 cm³/mol. The van der Waals surface area contributed by atoms with E-state index in [0.29, 0.717) is 18.5 Å². The Kier molecular flexibility index (Phi) is 4.55. The molecular formula is C18H23N3O3. The number of nitrogens with zero attached hydrogens (tertiary/aromatic N) is 1. The molecular weight excluding hydrogens is 306 g/mol. The summed E-state index contributed by atoms with van der Waals surface area (Å²) < 4.78 is 0. The highest BCUT2D eigenvalue weighted by molar-refractivity contribution is 6.10. The summed E-state index contributed by atoms with van der Waals surface area (Å²) in [5.74, 6) is -0.618. The highest BCUT2D eigenvalue weighted by Crippen LogP contribution is 2.32. The first-order valence-electron chi connectivity index (χ1n) is 8.51. The maximum absolute atomic E-state index is 12.8. The van der Waals surface area contributed by atoms with E-state index in [1.54, 1.807) is 6.07 Å². The number of imide groups is 1. The third-order valence-electron chi connectivity index (χ3n) is 4.92. The average molecular weight is 329 g/mol. The van der Waals surface area contributed by atoms with Gasteiger partial charge < -0.3 is 10.6 Å². The highest BCUT2D eigenvalue weighted by atomic mass is 16.2. The van der Waals surface area contributed by atoms with Crippen LogP contribution >= 0.6 is 0 Å². The van der Waals surface area contributed by atoms with Crippen LogP contribution in [0.1, 0.15) is 44.1 Å². The monoisotopic (exact) mass is 329 g/mol. The second-order valence-electron chi connectivity index (χ2n) is 6.68. The molecule has 1 heterocycles. The van der Waals surface area contributed by atoms with E-state index >= 15 is 0 Å². The van der Waals surface area contributed by atoms with Crippen LogP contribution in [0.15, 0.2) is 24.3 Å². The van der Waals surface area contributed by atoms with Gasteiger partial charge in [0, 0.05) is 5.69 Å². The fourth-order valence-electron chi connectivity index (χ4n) is 3.54. The number of carbonyl (C=O) groups excluding carboxylic acids is 3. The number of amides is 4. The summed E-state index contributed by atoms with van der Waals surface area (Å²) in [5.41, 5.74) is 0.832. The number of aryl methyl sites for hydroxylation is 1. The van der Waals surface area contributed by atoms with Gasteiger partial charge in [-0.25, -0.2) is 4.79 Å². The van der Waals surface area contributed by atoms with Gasteiger partial charge in [-0.1, -0.05) is 43.9 Å². The Morgan fingerprint density at radius 1 is 1.17 bits per heavy atom. The number of urea groups is 1. The molecule has 1 aliphatic heterocycles. The summed E-state index contributed by atoms with van der Waals surface area (Å²) in [4.78, 5) is 38.3. The Labute approximate surface area is 141 Å². The Balaban J connectivity index is 1.68. The molecule has 1 aromatic rings. The molecule has 0 bridgehead atoms. The van der Waals surface area contributed by atoms with Gasteiger partial charge in [-0.3, -0.25) is 14.5 Å². The van der Waals surface area contributed by atoms with E-state index < -0.39 is 11.6 Å². The van der Waals surface area contributed by atoms with Crippen LogP contribution in [-0.2, 0) is 9.59 Å². The van der Waals surface area contributed by atoms with E-state index in [0.717, 1.165) is 36.1 Å². The van der Waals surface area contributed by atoms with Gasteiger partial charge in [-0.2, -0.15) is 0 Å². The van der Waals surface area contributed by atoms with Crippen LogP contribution in [0.25, 0.3) is 0 Å². The molecule has 1 aliphatic carbocycles. The van der Waals surface area contributed by atoms with Gasteiger partial charge in [0.05, 0.1) is 0 Å². The van der Waals surface area contributed by atoms with Gasteiger partial charge in [0.2, 0.25) is 5.91 Å². The van der Waals surface area contributed by atoms with E-state index in [4.69, 9.17) is 0 Å². The van der Waals surface area contributed by atoms with Crippen molar-refractivity contribution in [3.8, 4) is 0 Å². The summed E-state index contributed by atoms with van der Waals surface area (Å²) in [5, 5.41) is 5.62. The number of anilines is 1. The summed E-state index contributed by atoms with van der Waals surface area (Å²) in [6.45, 7) is 1.64. The fraction of sp³-hybridized carbons (Fsp3) is 0.500. The molecule has 2 N–H and O–H groups in total. The normalized spacial score (nSPS) is 20.0. The van der Waals surface area contributed by atoms with E-state index in [9.17, 15) is 14.4 Å². The van der Waals surface area contributed by atoms with E-state index in [1.165, 1.54) is 0 Å². The van der Waals surface area contributed by atoms with E-state index in [-0.39, 0.29) is 18.4 Å². The second-order valence-corrected chi connectivity index (χ2v) is 6.68. The maximum Gasteiger partial charge on any atom is 0.325 e. The Morgan fingerprint density at radius 3 is 2.50 bits per heavy atom. The first-order valence-corrected chi connectivity index (χ1v) is 8.51. The number of hydrogen-bond acceptors (Lipinski definition) is 3. The Morgan fingerprint density at radius 2 is 1.83 bits per heavy atom.